The number of likely N-dealkylation sites (N-methyl/N-ethyl adjacent to an activating group) is 1. The Morgan fingerprint density at radius 2 is 0.671 bits per heavy atom. The molecule has 0 fully saturated rings. The van der Waals surface area contributed by atoms with E-state index in [0.717, 1.165) is 38.5 Å². The van der Waals surface area contributed by atoms with Crippen LogP contribution in [0.25, 0.3) is 0 Å². The topological polar surface area (TPSA) is 108 Å². The molecule has 0 saturated heterocycles. The molecule has 0 spiro atoms. The molecule has 1 N–H and O–H groups in total. The Morgan fingerprint density at radius 1 is 0.382 bits per heavy atom. The monoisotopic (exact) mass is 1080 g/mol. The van der Waals surface area contributed by atoms with Crippen molar-refractivity contribution in [3.8, 4) is 0 Å². The van der Waals surface area contributed by atoms with Gasteiger partial charge in [0.2, 0.25) is 0 Å². The molecule has 0 bridgehead atoms. The number of carbonyl (C=O) groups is 3. The van der Waals surface area contributed by atoms with Crippen molar-refractivity contribution in [3.05, 3.63) is 12.2 Å². The molecule has 0 aliphatic carbocycles. The van der Waals surface area contributed by atoms with Gasteiger partial charge in [0.15, 0.2) is 6.10 Å². The minimum absolute atomic E-state index is 0.174. The number of aliphatic carboxylic acids is 1. The molecule has 0 rings (SSSR count). The van der Waals surface area contributed by atoms with Crippen LogP contribution in [0.3, 0.4) is 0 Å². The number of unbranched alkanes of at least 4 members (excludes halogenated alkanes) is 46. The van der Waals surface area contributed by atoms with Gasteiger partial charge < -0.3 is 28.5 Å². The van der Waals surface area contributed by atoms with Crippen LogP contribution in [0, 0.1) is 0 Å². The highest BCUT2D eigenvalue weighted by molar-refractivity contribution is 5.71. The molecule has 0 radical (unpaired) electrons. The van der Waals surface area contributed by atoms with Crippen molar-refractivity contribution in [3.63, 3.8) is 0 Å². The van der Waals surface area contributed by atoms with Crippen molar-refractivity contribution in [2.45, 2.75) is 354 Å². The minimum Gasteiger partial charge on any atom is -0.477 e. The molecule has 2 atom stereocenters. The summed E-state index contributed by atoms with van der Waals surface area (Å²) in [5.41, 5.74) is 0. The second-order valence-corrected chi connectivity index (χ2v) is 24.1. The molecule has 0 amide bonds. The average Bonchev–Trinajstić information content (AvgIpc) is 3.39. The third-order valence-corrected chi connectivity index (χ3v) is 15.3. The van der Waals surface area contributed by atoms with Crippen LogP contribution in [0.1, 0.15) is 341 Å². The molecule has 0 heterocycles. The Labute approximate surface area is 472 Å². The van der Waals surface area contributed by atoms with Gasteiger partial charge in [-0.15, -0.1) is 0 Å². The second-order valence-electron chi connectivity index (χ2n) is 24.1. The van der Waals surface area contributed by atoms with E-state index in [9.17, 15) is 19.5 Å². The largest absolute Gasteiger partial charge is 0.477 e. The van der Waals surface area contributed by atoms with Gasteiger partial charge in [0, 0.05) is 12.8 Å². The van der Waals surface area contributed by atoms with Gasteiger partial charge in [-0.3, -0.25) is 9.59 Å². The number of nitrogens with zero attached hydrogens (tertiary/aromatic N) is 1. The summed E-state index contributed by atoms with van der Waals surface area (Å²) < 4.78 is 23.0. The Morgan fingerprint density at radius 3 is 0.974 bits per heavy atom. The summed E-state index contributed by atoms with van der Waals surface area (Å²) in [6.07, 6.45) is 67.4. The molecule has 0 aromatic rings. The molecule has 450 valence electrons. The fourth-order valence-electron chi connectivity index (χ4n) is 10.1. The maximum Gasteiger partial charge on any atom is 0.361 e. The first-order valence-corrected chi connectivity index (χ1v) is 33.4. The van der Waals surface area contributed by atoms with Crippen LogP contribution in [0.15, 0.2) is 12.2 Å². The number of allylic oxidation sites excluding steroid dienone is 2. The molecule has 2 unspecified atom stereocenters. The first-order chi connectivity index (χ1) is 37.1. The SMILES string of the molecule is CCCCCCCCCC/C=C\CCCCCCCCCCCCCCCC(=O)OC(COC(=O)CCCCCCCCCCCCCCCCCCCCCCCCCCCC)COC(OCC[N+](C)(C)C)C(=O)O. The van der Waals surface area contributed by atoms with E-state index in [0.29, 0.717) is 17.4 Å². The minimum atomic E-state index is -1.51. The molecule has 9 heteroatoms. The maximum atomic E-state index is 12.9. The first kappa shape index (κ1) is 74.0. The van der Waals surface area contributed by atoms with Gasteiger partial charge >= 0.3 is 17.9 Å². The van der Waals surface area contributed by atoms with Crippen LogP contribution < -0.4 is 0 Å². The van der Waals surface area contributed by atoms with E-state index >= 15 is 0 Å². The van der Waals surface area contributed by atoms with Gasteiger partial charge in [0.1, 0.15) is 13.2 Å². The van der Waals surface area contributed by atoms with E-state index in [2.05, 4.69) is 26.0 Å². The van der Waals surface area contributed by atoms with Crippen LogP contribution in [-0.4, -0.2) is 87.4 Å². The lowest BCUT2D eigenvalue weighted by Gasteiger charge is -2.25. The Balaban J connectivity index is 4.10. The van der Waals surface area contributed by atoms with Crippen LogP contribution in [0.5, 0.6) is 0 Å². The van der Waals surface area contributed by atoms with E-state index in [1.807, 2.05) is 21.1 Å². The molecular weight excluding hydrogens is 947 g/mol. The quantitative estimate of drug-likeness (QED) is 0.0211. The molecule has 9 nitrogen and oxygen atoms in total. The fourth-order valence-corrected chi connectivity index (χ4v) is 10.1. The maximum absolute atomic E-state index is 12.9. The molecule has 0 aromatic carbocycles. The Hall–Kier alpha value is -1.97. The summed E-state index contributed by atoms with van der Waals surface area (Å²) in [6.45, 7) is 4.95. The summed E-state index contributed by atoms with van der Waals surface area (Å²) in [5, 5.41) is 9.73. The standard InChI is InChI=1S/C67H129NO8/c1-6-8-10-12-14-16-18-20-22-24-26-28-30-32-34-35-37-39-41-43-45-47-49-51-53-55-57-64(69)74-61-63(62-75-67(66(71)72)73-60-59-68(3,4)5)76-65(70)58-56-54-52-50-48-46-44-42-40-38-36-33-31-29-27-25-23-21-19-17-15-13-11-9-7-2/h25,27,63,67H,6-24,26,28-62H2,1-5H3/p+1/b27-25-. The van der Waals surface area contributed by atoms with Gasteiger partial charge in [-0.1, -0.05) is 302 Å². The zero-order chi connectivity index (χ0) is 55.5. The lowest BCUT2D eigenvalue weighted by Crippen LogP contribution is -2.40. The smallest absolute Gasteiger partial charge is 0.361 e. The highest BCUT2D eigenvalue weighted by atomic mass is 16.7. The van der Waals surface area contributed by atoms with Gasteiger partial charge in [-0.05, 0) is 38.5 Å². The van der Waals surface area contributed by atoms with E-state index in [-0.39, 0.29) is 38.2 Å². The molecular formula is C67H130NO8+. The molecule has 76 heavy (non-hydrogen) atoms. The normalized spacial score (nSPS) is 12.7. The number of carbonyl (C=O) groups excluding carboxylic acids is 2. The lowest BCUT2D eigenvalue weighted by atomic mass is 10.0. The predicted octanol–water partition coefficient (Wildman–Crippen LogP) is 20.1. The number of ether oxygens (including phenoxy) is 4. The van der Waals surface area contributed by atoms with Crippen molar-refractivity contribution < 1.29 is 42.9 Å². The summed E-state index contributed by atoms with van der Waals surface area (Å²) in [5.74, 6) is -1.97. The summed E-state index contributed by atoms with van der Waals surface area (Å²) in [4.78, 5) is 37.6. The van der Waals surface area contributed by atoms with E-state index < -0.39 is 18.4 Å². The highest BCUT2D eigenvalue weighted by Crippen LogP contribution is 2.19. The summed E-state index contributed by atoms with van der Waals surface area (Å²) in [6, 6.07) is 0. The average molecular weight is 1080 g/mol. The first-order valence-electron chi connectivity index (χ1n) is 33.4. The molecule has 0 saturated carbocycles. The highest BCUT2D eigenvalue weighted by Gasteiger charge is 2.25. The predicted molar refractivity (Wildman–Crippen MR) is 323 cm³/mol. The molecule has 0 aliphatic heterocycles. The number of esters is 2. The van der Waals surface area contributed by atoms with Crippen LogP contribution >= 0.6 is 0 Å². The van der Waals surface area contributed by atoms with E-state index in [4.69, 9.17) is 18.9 Å². The van der Waals surface area contributed by atoms with Gasteiger partial charge in [-0.2, -0.15) is 0 Å². The number of rotatable bonds is 63. The van der Waals surface area contributed by atoms with Crippen molar-refractivity contribution in [2.75, 3.05) is 47.5 Å². The van der Waals surface area contributed by atoms with Crippen molar-refractivity contribution >= 4 is 17.9 Å². The lowest BCUT2D eigenvalue weighted by molar-refractivity contribution is -0.870. The van der Waals surface area contributed by atoms with Crippen LogP contribution in [-0.2, 0) is 33.3 Å². The number of quaternary nitrogens is 1. The number of hydrogen-bond acceptors (Lipinski definition) is 7. The van der Waals surface area contributed by atoms with Gasteiger partial charge in [0.25, 0.3) is 6.29 Å². The number of carboxylic acids is 1. The van der Waals surface area contributed by atoms with Gasteiger partial charge in [0.05, 0.1) is 34.4 Å². The Bertz CT molecular complexity index is 1250. The molecule has 0 aliphatic rings. The fraction of sp³-hybridized carbons (Fsp3) is 0.925. The summed E-state index contributed by atoms with van der Waals surface area (Å²) >= 11 is 0. The number of hydrogen-bond donors (Lipinski definition) is 1. The van der Waals surface area contributed by atoms with Gasteiger partial charge in [-0.25, -0.2) is 4.79 Å². The van der Waals surface area contributed by atoms with Crippen molar-refractivity contribution in [1.82, 2.24) is 0 Å². The third-order valence-electron chi connectivity index (χ3n) is 15.3. The summed E-state index contributed by atoms with van der Waals surface area (Å²) in [7, 11) is 5.99. The Kier molecular flexibility index (Phi) is 57.6. The van der Waals surface area contributed by atoms with E-state index in [1.54, 1.807) is 0 Å². The van der Waals surface area contributed by atoms with E-state index in [1.165, 1.54) is 276 Å². The van der Waals surface area contributed by atoms with Crippen LogP contribution in [0.4, 0.5) is 0 Å². The van der Waals surface area contributed by atoms with Crippen LogP contribution in [0.2, 0.25) is 0 Å². The zero-order valence-electron chi connectivity index (χ0n) is 51.5. The zero-order valence-corrected chi connectivity index (χ0v) is 51.5. The van der Waals surface area contributed by atoms with Crippen molar-refractivity contribution in [1.29, 1.82) is 0 Å². The van der Waals surface area contributed by atoms with Crippen molar-refractivity contribution in [2.24, 2.45) is 0 Å². The number of carboxylic acid groups (broad SMARTS) is 1. The molecule has 0 aromatic heterocycles. The third kappa shape index (κ3) is 59.7. The second kappa shape index (κ2) is 59.2.